The molecule has 0 aliphatic heterocycles. The Morgan fingerprint density at radius 1 is 1.00 bits per heavy atom. The van der Waals surface area contributed by atoms with Crippen LogP contribution in [0.25, 0.3) is 0 Å². The van der Waals surface area contributed by atoms with Crippen LogP contribution in [0.2, 0.25) is 0 Å². The van der Waals surface area contributed by atoms with E-state index in [9.17, 15) is 0 Å². The van der Waals surface area contributed by atoms with E-state index in [1.165, 1.54) is 0 Å². The first-order chi connectivity index (χ1) is 2.00. The molecule has 4 nitrogen and oxygen atoms in total. The molecule has 0 atom stereocenters. The summed E-state index contributed by atoms with van der Waals surface area (Å²) < 4.78 is 31.6. The predicted molar refractivity (Wildman–Crippen MR) is 17.5 cm³/mol. The number of hydrogen-bond acceptors (Lipinski definition) is 2. The Balaban J connectivity index is -0.00000000533. The van der Waals surface area contributed by atoms with Crippen molar-refractivity contribution in [2.45, 2.75) is 0 Å². The van der Waals surface area contributed by atoms with Gasteiger partial charge in [-0.15, -0.1) is 0 Å². The minimum absolute atomic E-state index is 0. The third kappa shape index (κ3) is 45.1. The molecule has 8 heavy (non-hydrogen) atoms. The van der Waals surface area contributed by atoms with Crippen LogP contribution >= 0.6 is 0 Å². The number of hydrogen-bond donors (Lipinski definition) is 2. The SMILES string of the molecule is O=S(=O)(O)O.[H-].[H-].[H-].[K+].[K+].[K+]. The zero-order valence-corrected chi connectivity index (χ0v) is 15.3. The molecule has 0 saturated carbocycles. The number of rotatable bonds is 0. The summed E-state index contributed by atoms with van der Waals surface area (Å²) in [5, 5.41) is 0. The van der Waals surface area contributed by atoms with Crippen molar-refractivity contribution in [3.05, 3.63) is 0 Å². The minimum Gasteiger partial charge on any atom is -1.00 e. The van der Waals surface area contributed by atoms with Gasteiger partial charge in [-0.1, -0.05) is 0 Å². The average Bonchev–Trinajstić information content (AvgIpc) is 0.722. The summed E-state index contributed by atoms with van der Waals surface area (Å²) in [6.45, 7) is 0. The second-order valence-corrected chi connectivity index (χ2v) is 1.34. The molecule has 0 amide bonds. The fraction of sp³-hybridized carbons (Fsp3) is 0. The van der Waals surface area contributed by atoms with Gasteiger partial charge in [-0.3, -0.25) is 9.11 Å². The van der Waals surface area contributed by atoms with Gasteiger partial charge in [-0.05, 0) is 0 Å². The molecule has 0 spiro atoms. The molecule has 0 rings (SSSR count). The normalized spacial score (nSPS) is 7.25. The third-order valence-corrected chi connectivity index (χ3v) is 0. The van der Waals surface area contributed by atoms with Gasteiger partial charge >= 0.3 is 165 Å². The van der Waals surface area contributed by atoms with Crippen LogP contribution < -0.4 is 154 Å². The molecule has 0 unspecified atom stereocenters. The van der Waals surface area contributed by atoms with E-state index in [0.717, 1.165) is 0 Å². The molecule has 38 valence electrons. The van der Waals surface area contributed by atoms with Gasteiger partial charge in [0.2, 0.25) is 0 Å². The summed E-state index contributed by atoms with van der Waals surface area (Å²) in [6.07, 6.45) is 0. The average molecular weight is 218 g/mol. The summed E-state index contributed by atoms with van der Waals surface area (Å²) in [4.78, 5) is 0. The summed E-state index contributed by atoms with van der Waals surface area (Å²) in [5.41, 5.74) is 0. The Labute approximate surface area is 180 Å². The molecular weight excluding hydrogens is 213 g/mol. The summed E-state index contributed by atoms with van der Waals surface area (Å²) in [6, 6.07) is 0. The van der Waals surface area contributed by atoms with Crippen LogP contribution in [0.1, 0.15) is 4.28 Å². The maximum atomic E-state index is 8.74. The molecular formula is H5K3O4S. The molecule has 0 bridgehead atoms. The zero-order valence-electron chi connectivity index (χ0n) is 8.12. The van der Waals surface area contributed by atoms with Crippen molar-refractivity contribution in [3.63, 3.8) is 0 Å². The zero-order chi connectivity index (χ0) is 4.50. The first-order valence-corrected chi connectivity index (χ1v) is 2.10. The Morgan fingerprint density at radius 2 is 1.00 bits per heavy atom. The van der Waals surface area contributed by atoms with Gasteiger partial charge in [0.15, 0.2) is 0 Å². The van der Waals surface area contributed by atoms with Crippen molar-refractivity contribution < 1.29 is 176 Å². The summed E-state index contributed by atoms with van der Waals surface area (Å²) >= 11 is 0. The van der Waals surface area contributed by atoms with E-state index in [0.29, 0.717) is 0 Å². The van der Waals surface area contributed by atoms with Crippen molar-refractivity contribution in [1.29, 1.82) is 0 Å². The van der Waals surface area contributed by atoms with E-state index in [2.05, 4.69) is 0 Å². The van der Waals surface area contributed by atoms with Gasteiger partial charge < -0.3 is 4.28 Å². The van der Waals surface area contributed by atoms with Gasteiger partial charge in [0, 0.05) is 0 Å². The molecule has 0 radical (unpaired) electrons. The minimum atomic E-state index is -4.67. The van der Waals surface area contributed by atoms with E-state index < -0.39 is 10.4 Å². The van der Waals surface area contributed by atoms with E-state index >= 15 is 0 Å². The van der Waals surface area contributed by atoms with E-state index in [-0.39, 0.29) is 158 Å². The van der Waals surface area contributed by atoms with Gasteiger partial charge in [0.25, 0.3) is 0 Å². The third-order valence-electron chi connectivity index (χ3n) is 0. The summed E-state index contributed by atoms with van der Waals surface area (Å²) in [7, 11) is -4.67. The smallest absolute Gasteiger partial charge is 1.00 e. The molecule has 0 aromatic carbocycles. The summed E-state index contributed by atoms with van der Waals surface area (Å²) in [5.74, 6) is 0. The maximum absolute atomic E-state index is 8.74. The first-order valence-electron chi connectivity index (χ1n) is 0.698. The molecule has 8 heteroatoms. The largest absolute Gasteiger partial charge is 1.00 e. The Bertz CT molecular complexity index is 104. The van der Waals surface area contributed by atoms with Crippen LogP contribution in [0.15, 0.2) is 0 Å². The topological polar surface area (TPSA) is 74.6 Å². The Kier molecular flexibility index (Phi) is 33.9. The van der Waals surface area contributed by atoms with Crippen LogP contribution in [0, 0.1) is 0 Å². The van der Waals surface area contributed by atoms with Crippen molar-refractivity contribution in [2.24, 2.45) is 0 Å². The van der Waals surface area contributed by atoms with Crippen molar-refractivity contribution >= 4 is 10.4 Å². The fourth-order valence-electron chi connectivity index (χ4n) is 0. The molecule has 0 aromatic rings. The molecule has 0 saturated heterocycles. The van der Waals surface area contributed by atoms with Crippen molar-refractivity contribution in [2.75, 3.05) is 0 Å². The van der Waals surface area contributed by atoms with Crippen molar-refractivity contribution in [3.8, 4) is 0 Å². The second-order valence-electron chi connectivity index (χ2n) is 0.448. The molecule has 0 heterocycles. The standard InChI is InChI=1S/3K.H2O4S.3H/c;;;1-5(2,3)4;;;/h;;;(H2,1,2,3,4);;;/q3*+1;;3*-1. The van der Waals surface area contributed by atoms with Crippen LogP contribution in [-0.2, 0) is 10.4 Å². The quantitative estimate of drug-likeness (QED) is 0.313. The van der Waals surface area contributed by atoms with E-state index in [1.807, 2.05) is 0 Å². The predicted octanol–water partition coefficient (Wildman–Crippen LogP) is -9.30. The van der Waals surface area contributed by atoms with Crippen LogP contribution in [-0.4, -0.2) is 17.5 Å². The molecule has 0 aromatic heterocycles. The maximum Gasteiger partial charge on any atom is 1.00 e. The monoisotopic (exact) mass is 218 g/mol. The van der Waals surface area contributed by atoms with Crippen LogP contribution in [0.3, 0.4) is 0 Å². The molecule has 0 aliphatic rings. The van der Waals surface area contributed by atoms with Gasteiger partial charge in [-0.25, -0.2) is 0 Å². The van der Waals surface area contributed by atoms with E-state index in [4.69, 9.17) is 17.5 Å². The van der Waals surface area contributed by atoms with Crippen LogP contribution in [0.5, 0.6) is 0 Å². The Hall–Kier alpha value is 4.78. The molecule has 2 N–H and O–H groups in total. The first kappa shape index (κ1) is 23.0. The van der Waals surface area contributed by atoms with Gasteiger partial charge in [-0.2, -0.15) is 8.42 Å². The van der Waals surface area contributed by atoms with E-state index in [1.54, 1.807) is 0 Å². The second kappa shape index (κ2) is 11.8. The van der Waals surface area contributed by atoms with Gasteiger partial charge in [0.1, 0.15) is 0 Å². The molecule has 0 aliphatic carbocycles. The fourth-order valence-corrected chi connectivity index (χ4v) is 0. The molecule has 0 fully saturated rings. The Morgan fingerprint density at radius 3 is 1.00 bits per heavy atom. The van der Waals surface area contributed by atoms with Crippen molar-refractivity contribution in [1.82, 2.24) is 0 Å². The van der Waals surface area contributed by atoms with Gasteiger partial charge in [0.05, 0.1) is 0 Å². The van der Waals surface area contributed by atoms with Crippen LogP contribution in [0.4, 0.5) is 0 Å².